The topological polar surface area (TPSA) is 61.9 Å². The first-order valence-electron chi connectivity index (χ1n) is 11.4. The quantitative estimate of drug-likeness (QED) is 0.723. The van der Waals surface area contributed by atoms with E-state index in [4.69, 9.17) is 4.74 Å². The number of piperidine rings is 1. The summed E-state index contributed by atoms with van der Waals surface area (Å²) in [5.41, 5.74) is 1.83. The maximum absolute atomic E-state index is 13.9. The summed E-state index contributed by atoms with van der Waals surface area (Å²) in [6, 6.07) is 10.9. The van der Waals surface area contributed by atoms with E-state index in [0.29, 0.717) is 32.0 Å². The highest BCUT2D eigenvalue weighted by molar-refractivity contribution is 5.95. The molecule has 2 aliphatic rings. The van der Waals surface area contributed by atoms with Crippen LogP contribution in [0.4, 0.5) is 14.5 Å². The lowest BCUT2D eigenvalue weighted by molar-refractivity contribution is -0.121. The Labute approximate surface area is 192 Å². The van der Waals surface area contributed by atoms with E-state index >= 15 is 0 Å². The average Bonchev–Trinajstić information content (AvgIpc) is 2.84. The van der Waals surface area contributed by atoms with Crippen LogP contribution in [0.15, 0.2) is 42.5 Å². The minimum atomic E-state index is -0.867. The molecule has 2 aromatic carbocycles. The molecule has 2 amide bonds. The molecule has 0 radical (unpaired) electrons. The Morgan fingerprint density at radius 2 is 1.67 bits per heavy atom. The van der Waals surface area contributed by atoms with Crippen molar-refractivity contribution in [2.45, 2.75) is 19.3 Å². The molecule has 2 aromatic rings. The van der Waals surface area contributed by atoms with Gasteiger partial charge in [-0.15, -0.1) is 0 Å². The number of hydrogen-bond acceptors (Lipinski definition) is 4. The van der Waals surface area contributed by atoms with Crippen LogP contribution in [0.5, 0.6) is 0 Å². The number of anilines is 1. The molecule has 0 saturated carbocycles. The summed E-state index contributed by atoms with van der Waals surface area (Å²) in [6.07, 6.45) is 1.95. The third-order valence-electron chi connectivity index (χ3n) is 6.36. The summed E-state index contributed by atoms with van der Waals surface area (Å²) in [5, 5.41) is 2.96. The Kier molecular flexibility index (Phi) is 7.67. The number of ether oxygens (including phenoxy) is 1. The van der Waals surface area contributed by atoms with E-state index in [1.807, 2.05) is 24.3 Å². The molecule has 0 aromatic heterocycles. The summed E-state index contributed by atoms with van der Waals surface area (Å²) in [6.45, 7) is 5.23. The van der Waals surface area contributed by atoms with Crippen LogP contribution in [-0.4, -0.2) is 67.6 Å². The van der Waals surface area contributed by atoms with Crippen molar-refractivity contribution in [2.24, 2.45) is 5.92 Å². The lowest BCUT2D eigenvalue weighted by atomic mass is 9.95. The number of halogens is 2. The molecule has 2 fully saturated rings. The summed E-state index contributed by atoms with van der Waals surface area (Å²) in [4.78, 5) is 29.1. The number of benzene rings is 2. The van der Waals surface area contributed by atoms with Gasteiger partial charge in [-0.3, -0.25) is 14.5 Å². The molecule has 0 unspecified atom stereocenters. The highest BCUT2D eigenvalue weighted by Crippen LogP contribution is 2.22. The summed E-state index contributed by atoms with van der Waals surface area (Å²) in [7, 11) is 0. The van der Waals surface area contributed by atoms with Crippen LogP contribution in [0.1, 0.15) is 28.8 Å². The summed E-state index contributed by atoms with van der Waals surface area (Å²) >= 11 is 0. The van der Waals surface area contributed by atoms with Crippen molar-refractivity contribution >= 4 is 17.5 Å². The second-order valence-electron chi connectivity index (χ2n) is 8.58. The summed E-state index contributed by atoms with van der Waals surface area (Å²) in [5.74, 6) is -2.35. The standard InChI is InChI=1S/C25H29F2N3O3/c26-20-3-6-22(23(27)17-20)25(32)30-11-8-19(9-12-30)24(31)28-21-4-1-18(2-5-21)7-10-29-13-15-33-16-14-29/h1-6,17,19H,7-16H2,(H,28,31). The number of nitrogens with one attached hydrogen (secondary N) is 1. The van der Waals surface area contributed by atoms with Crippen molar-refractivity contribution in [1.29, 1.82) is 0 Å². The van der Waals surface area contributed by atoms with Crippen LogP contribution in [0.3, 0.4) is 0 Å². The predicted molar refractivity (Wildman–Crippen MR) is 121 cm³/mol. The van der Waals surface area contributed by atoms with Gasteiger partial charge in [0, 0.05) is 50.4 Å². The van der Waals surface area contributed by atoms with Crippen LogP contribution in [0, 0.1) is 17.6 Å². The van der Waals surface area contributed by atoms with Crippen molar-refractivity contribution in [3.8, 4) is 0 Å². The monoisotopic (exact) mass is 457 g/mol. The molecule has 33 heavy (non-hydrogen) atoms. The van der Waals surface area contributed by atoms with Crippen molar-refractivity contribution in [3.63, 3.8) is 0 Å². The zero-order chi connectivity index (χ0) is 23.2. The lowest BCUT2D eigenvalue weighted by Gasteiger charge is -2.31. The van der Waals surface area contributed by atoms with Gasteiger partial charge < -0.3 is 15.0 Å². The molecule has 8 heteroatoms. The van der Waals surface area contributed by atoms with E-state index in [1.54, 1.807) is 0 Å². The van der Waals surface area contributed by atoms with Gasteiger partial charge in [-0.25, -0.2) is 8.78 Å². The third-order valence-corrected chi connectivity index (χ3v) is 6.36. The van der Waals surface area contributed by atoms with E-state index in [2.05, 4.69) is 10.2 Å². The largest absolute Gasteiger partial charge is 0.379 e. The van der Waals surface area contributed by atoms with Crippen molar-refractivity contribution in [2.75, 3.05) is 51.3 Å². The Bertz CT molecular complexity index is 969. The molecule has 2 saturated heterocycles. The second-order valence-corrected chi connectivity index (χ2v) is 8.58. The third kappa shape index (κ3) is 6.15. The fourth-order valence-corrected chi connectivity index (χ4v) is 4.29. The van der Waals surface area contributed by atoms with Gasteiger partial charge in [-0.2, -0.15) is 0 Å². The number of carbonyl (C=O) groups excluding carboxylic acids is 2. The number of carbonyl (C=O) groups is 2. The fraction of sp³-hybridized carbons (Fsp3) is 0.440. The first-order chi connectivity index (χ1) is 16.0. The molecule has 4 rings (SSSR count). The molecule has 2 aliphatic heterocycles. The summed E-state index contributed by atoms with van der Waals surface area (Å²) < 4.78 is 32.4. The van der Waals surface area contributed by atoms with Crippen LogP contribution in [-0.2, 0) is 16.0 Å². The van der Waals surface area contributed by atoms with Gasteiger partial charge >= 0.3 is 0 Å². The zero-order valence-corrected chi connectivity index (χ0v) is 18.6. The van der Waals surface area contributed by atoms with Gasteiger partial charge in [0.2, 0.25) is 5.91 Å². The van der Waals surface area contributed by atoms with Gasteiger partial charge in [0.1, 0.15) is 11.6 Å². The molecule has 0 aliphatic carbocycles. The van der Waals surface area contributed by atoms with Gasteiger partial charge in [0.15, 0.2) is 0 Å². The minimum absolute atomic E-state index is 0.0730. The highest BCUT2D eigenvalue weighted by Gasteiger charge is 2.29. The molecule has 176 valence electrons. The first-order valence-corrected chi connectivity index (χ1v) is 11.4. The van der Waals surface area contributed by atoms with Crippen LogP contribution < -0.4 is 5.32 Å². The molecule has 0 spiro atoms. The fourth-order valence-electron chi connectivity index (χ4n) is 4.29. The molecule has 6 nitrogen and oxygen atoms in total. The number of morpholine rings is 1. The Hall–Kier alpha value is -2.84. The van der Waals surface area contributed by atoms with Crippen LogP contribution in [0.25, 0.3) is 0 Å². The average molecular weight is 458 g/mol. The number of rotatable bonds is 6. The number of amides is 2. The molecular weight excluding hydrogens is 428 g/mol. The minimum Gasteiger partial charge on any atom is -0.379 e. The van der Waals surface area contributed by atoms with Gasteiger partial charge in [0.25, 0.3) is 5.91 Å². The predicted octanol–water partition coefficient (Wildman–Crippen LogP) is 3.33. The van der Waals surface area contributed by atoms with Crippen molar-refractivity contribution in [1.82, 2.24) is 9.80 Å². The van der Waals surface area contributed by atoms with Crippen molar-refractivity contribution < 1.29 is 23.1 Å². The van der Waals surface area contributed by atoms with Crippen LogP contribution in [0.2, 0.25) is 0 Å². The normalized spacial score (nSPS) is 17.7. The van der Waals surface area contributed by atoms with E-state index in [-0.39, 0.29) is 17.4 Å². The van der Waals surface area contributed by atoms with E-state index < -0.39 is 17.5 Å². The maximum atomic E-state index is 13.9. The SMILES string of the molecule is O=C(Nc1ccc(CCN2CCOCC2)cc1)C1CCN(C(=O)c2ccc(F)cc2F)CC1. The Balaban J connectivity index is 1.23. The number of likely N-dealkylation sites (tertiary alicyclic amines) is 1. The molecule has 1 N–H and O–H groups in total. The van der Waals surface area contributed by atoms with Gasteiger partial charge in [0.05, 0.1) is 18.8 Å². The smallest absolute Gasteiger partial charge is 0.256 e. The highest BCUT2D eigenvalue weighted by atomic mass is 19.1. The maximum Gasteiger partial charge on any atom is 0.256 e. The van der Waals surface area contributed by atoms with Gasteiger partial charge in [-0.05, 0) is 49.1 Å². The van der Waals surface area contributed by atoms with Crippen molar-refractivity contribution in [3.05, 3.63) is 65.2 Å². The Morgan fingerprint density at radius 1 is 0.970 bits per heavy atom. The van der Waals surface area contributed by atoms with Crippen LogP contribution >= 0.6 is 0 Å². The lowest BCUT2D eigenvalue weighted by Crippen LogP contribution is -2.41. The molecule has 0 atom stereocenters. The Morgan fingerprint density at radius 3 is 2.33 bits per heavy atom. The number of hydrogen-bond donors (Lipinski definition) is 1. The second kappa shape index (κ2) is 10.9. The zero-order valence-electron chi connectivity index (χ0n) is 18.6. The molecule has 2 heterocycles. The van der Waals surface area contributed by atoms with Gasteiger partial charge in [-0.1, -0.05) is 12.1 Å². The molecular formula is C25H29F2N3O3. The van der Waals surface area contributed by atoms with E-state index in [1.165, 1.54) is 10.5 Å². The molecule has 0 bridgehead atoms. The van der Waals surface area contributed by atoms with E-state index in [0.717, 1.165) is 57.1 Å². The first kappa shape index (κ1) is 23.3. The van der Waals surface area contributed by atoms with E-state index in [9.17, 15) is 18.4 Å². The number of nitrogens with zero attached hydrogens (tertiary/aromatic N) is 2.